The van der Waals surface area contributed by atoms with Crippen molar-refractivity contribution in [3.63, 3.8) is 0 Å². The van der Waals surface area contributed by atoms with E-state index in [1.807, 2.05) is 13.8 Å². The summed E-state index contributed by atoms with van der Waals surface area (Å²) in [5.74, 6) is -0.572. The van der Waals surface area contributed by atoms with Crippen molar-refractivity contribution in [2.24, 2.45) is 5.92 Å². The second-order valence-corrected chi connectivity index (χ2v) is 7.59. The zero-order valence-corrected chi connectivity index (χ0v) is 13.1. The molecule has 4 nitrogen and oxygen atoms in total. The molecule has 2 N–H and O–H groups in total. The molecule has 0 aliphatic carbocycles. The lowest BCUT2D eigenvalue weighted by molar-refractivity contribution is 0.0436. The quantitative estimate of drug-likeness (QED) is 0.847. The summed E-state index contributed by atoms with van der Waals surface area (Å²) in [5.41, 5.74) is -0.512. The Morgan fingerprint density at radius 3 is 2.55 bits per heavy atom. The standard InChI is InChI=1S/C14H22FNO3S/c1-10(2)8-14(4,17)9-16-20(18,19)13-7-11(3)5-6-12(13)15/h5-7,10,16-17H,8-9H2,1-4H3. The van der Waals surface area contributed by atoms with Gasteiger partial charge >= 0.3 is 0 Å². The van der Waals surface area contributed by atoms with E-state index < -0.39 is 26.3 Å². The van der Waals surface area contributed by atoms with Crippen molar-refractivity contribution in [1.82, 2.24) is 4.72 Å². The first-order valence-corrected chi connectivity index (χ1v) is 8.00. The Morgan fingerprint density at radius 1 is 1.40 bits per heavy atom. The van der Waals surface area contributed by atoms with Crippen LogP contribution in [0.2, 0.25) is 0 Å². The van der Waals surface area contributed by atoms with Crippen LogP contribution in [0.3, 0.4) is 0 Å². The molecule has 6 heteroatoms. The smallest absolute Gasteiger partial charge is 0.243 e. The van der Waals surface area contributed by atoms with E-state index >= 15 is 0 Å². The molecule has 0 amide bonds. The van der Waals surface area contributed by atoms with Gasteiger partial charge in [-0.15, -0.1) is 0 Å². The highest BCUT2D eigenvalue weighted by Crippen LogP contribution is 2.19. The van der Waals surface area contributed by atoms with Crippen molar-refractivity contribution in [3.05, 3.63) is 29.6 Å². The lowest BCUT2D eigenvalue weighted by Gasteiger charge is -2.25. The molecule has 20 heavy (non-hydrogen) atoms. The van der Waals surface area contributed by atoms with E-state index in [2.05, 4.69) is 4.72 Å². The summed E-state index contributed by atoms with van der Waals surface area (Å²) < 4.78 is 40.0. The van der Waals surface area contributed by atoms with Gasteiger partial charge in [-0.1, -0.05) is 19.9 Å². The summed E-state index contributed by atoms with van der Waals surface area (Å²) >= 11 is 0. The molecule has 1 rings (SSSR count). The number of benzene rings is 1. The maximum Gasteiger partial charge on any atom is 0.243 e. The predicted octanol–water partition coefficient (Wildman–Crippen LogP) is 2.21. The molecule has 0 aromatic heterocycles. The number of hydrogen-bond donors (Lipinski definition) is 2. The summed E-state index contributed by atoms with van der Waals surface area (Å²) in [6.07, 6.45) is 0.450. The molecule has 1 aromatic rings. The molecule has 1 aromatic carbocycles. The molecule has 0 saturated heterocycles. The number of hydrogen-bond acceptors (Lipinski definition) is 3. The van der Waals surface area contributed by atoms with Gasteiger partial charge in [-0.05, 0) is 43.9 Å². The lowest BCUT2D eigenvalue weighted by atomic mass is 9.95. The van der Waals surface area contributed by atoms with Crippen LogP contribution in [0, 0.1) is 18.7 Å². The van der Waals surface area contributed by atoms with E-state index in [0.717, 1.165) is 6.07 Å². The summed E-state index contributed by atoms with van der Waals surface area (Å²) in [6, 6.07) is 3.90. The number of aliphatic hydroxyl groups is 1. The average Bonchev–Trinajstić information content (AvgIpc) is 2.28. The van der Waals surface area contributed by atoms with Crippen LogP contribution in [0.1, 0.15) is 32.8 Å². The van der Waals surface area contributed by atoms with Crippen molar-refractivity contribution in [2.75, 3.05) is 6.54 Å². The molecule has 0 aliphatic heterocycles. The SMILES string of the molecule is Cc1ccc(F)c(S(=O)(=O)NCC(C)(O)CC(C)C)c1. The Hall–Kier alpha value is -0.980. The highest BCUT2D eigenvalue weighted by Gasteiger charge is 2.26. The number of aryl methyl sites for hydroxylation is 1. The summed E-state index contributed by atoms with van der Waals surface area (Å²) in [7, 11) is -3.97. The second kappa shape index (κ2) is 6.20. The molecule has 0 saturated carbocycles. The van der Waals surface area contributed by atoms with Crippen molar-refractivity contribution < 1.29 is 17.9 Å². The van der Waals surface area contributed by atoms with E-state index in [4.69, 9.17) is 0 Å². The molecule has 1 atom stereocenters. The van der Waals surface area contributed by atoms with Crippen LogP contribution < -0.4 is 4.72 Å². The summed E-state index contributed by atoms with van der Waals surface area (Å²) in [4.78, 5) is -0.391. The molecule has 114 valence electrons. The van der Waals surface area contributed by atoms with Crippen molar-refractivity contribution >= 4 is 10.0 Å². The van der Waals surface area contributed by atoms with Crippen LogP contribution in [-0.2, 0) is 10.0 Å². The Bertz CT molecular complexity index is 568. The van der Waals surface area contributed by atoms with Crippen molar-refractivity contribution in [2.45, 2.75) is 44.6 Å². The Labute approximate surface area is 120 Å². The van der Waals surface area contributed by atoms with Gasteiger partial charge in [0.25, 0.3) is 0 Å². The van der Waals surface area contributed by atoms with Gasteiger partial charge in [0.2, 0.25) is 10.0 Å². The summed E-state index contributed by atoms with van der Waals surface area (Å²) in [6.45, 7) is 6.96. The van der Waals surface area contributed by atoms with E-state index in [9.17, 15) is 17.9 Å². The monoisotopic (exact) mass is 303 g/mol. The lowest BCUT2D eigenvalue weighted by Crippen LogP contribution is -2.41. The maximum atomic E-state index is 13.6. The first-order chi connectivity index (χ1) is 9.03. The van der Waals surface area contributed by atoms with E-state index in [1.54, 1.807) is 13.8 Å². The first kappa shape index (κ1) is 17.1. The van der Waals surface area contributed by atoms with Crippen LogP contribution in [-0.4, -0.2) is 25.7 Å². The van der Waals surface area contributed by atoms with Gasteiger partial charge in [-0.25, -0.2) is 17.5 Å². The fraction of sp³-hybridized carbons (Fsp3) is 0.571. The van der Waals surface area contributed by atoms with E-state index in [1.165, 1.54) is 12.1 Å². The molecule has 0 spiro atoms. The van der Waals surface area contributed by atoms with Gasteiger partial charge in [0.15, 0.2) is 0 Å². The normalized spacial score (nSPS) is 15.3. The van der Waals surface area contributed by atoms with Gasteiger partial charge in [0.1, 0.15) is 10.7 Å². The third-order valence-corrected chi connectivity index (χ3v) is 4.28. The van der Waals surface area contributed by atoms with Gasteiger partial charge in [-0.3, -0.25) is 0 Å². The van der Waals surface area contributed by atoms with Crippen LogP contribution in [0.4, 0.5) is 4.39 Å². The van der Waals surface area contributed by atoms with Gasteiger partial charge in [0.05, 0.1) is 5.60 Å². The number of halogens is 1. The largest absolute Gasteiger partial charge is 0.389 e. The van der Waals surface area contributed by atoms with Gasteiger partial charge in [0, 0.05) is 6.54 Å². The average molecular weight is 303 g/mol. The molecule has 0 heterocycles. The Kier molecular flexibility index (Phi) is 5.29. The molecule has 0 radical (unpaired) electrons. The predicted molar refractivity (Wildman–Crippen MR) is 76.4 cm³/mol. The van der Waals surface area contributed by atoms with Gasteiger partial charge < -0.3 is 5.11 Å². The van der Waals surface area contributed by atoms with Crippen LogP contribution >= 0.6 is 0 Å². The Morgan fingerprint density at radius 2 is 2.00 bits per heavy atom. The topological polar surface area (TPSA) is 66.4 Å². The van der Waals surface area contributed by atoms with Gasteiger partial charge in [-0.2, -0.15) is 0 Å². The minimum absolute atomic E-state index is 0.152. The zero-order valence-electron chi connectivity index (χ0n) is 12.3. The van der Waals surface area contributed by atoms with Crippen LogP contribution in [0.15, 0.2) is 23.1 Å². The number of nitrogens with one attached hydrogen (secondary N) is 1. The molecule has 0 bridgehead atoms. The zero-order chi connectivity index (χ0) is 15.6. The van der Waals surface area contributed by atoms with Crippen LogP contribution in [0.25, 0.3) is 0 Å². The minimum atomic E-state index is -3.97. The highest BCUT2D eigenvalue weighted by atomic mass is 32.2. The highest BCUT2D eigenvalue weighted by molar-refractivity contribution is 7.89. The molecular formula is C14H22FNO3S. The molecule has 0 fully saturated rings. The van der Waals surface area contributed by atoms with Crippen molar-refractivity contribution in [1.29, 1.82) is 0 Å². The van der Waals surface area contributed by atoms with E-state index in [-0.39, 0.29) is 12.5 Å². The minimum Gasteiger partial charge on any atom is -0.389 e. The van der Waals surface area contributed by atoms with Crippen LogP contribution in [0.5, 0.6) is 0 Å². The second-order valence-electron chi connectivity index (χ2n) is 5.85. The number of sulfonamides is 1. The third-order valence-electron chi connectivity index (χ3n) is 2.87. The maximum absolute atomic E-state index is 13.6. The first-order valence-electron chi connectivity index (χ1n) is 6.52. The fourth-order valence-electron chi connectivity index (χ4n) is 2.10. The Balaban J connectivity index is 2.88. The molecule has 0 aliphatic rings. The third kappa shape index (κ3) is 4.85. The summed E-state index contributed by atoms with van der Waals surface area (Å²) in [5, 5.41) is 10.1. The molecular weight excluding hydrogens is 281 g/mol. The van der Waals surface area contributed by atoms with Crippen molar-refractivity contribution in [3.8, 4) is 0 Å². The van der Waals surface area contributed by atoms with E-state index in [0.29, 0.717) is 12.0 Å². The fourth-order valence-corrected chi connectivity index (χ4v) is 3.42. The molecule has 1 unspecified atom stereocenters. The number of rotatable bonds is 6.